The largest absolute Gasteiger partial charge is 0.418 e. The van der Waals surface area contributed by atoms with Gasteiger partial charge in [0.1, 0.15) is 0 Å². The third-order valence-corrected chi connectivity index (χ3v) is 6.73. The van der Waals surface area contributed by atoms with E-state index in [1.807, 2.05) is 22.6 Å². The lowest BCUT2D eigenvalue weighted by Gasteiger charge is -2.22. The van der Waals surface area contributed by atoms with Gasteiger partial charge in [-0.1, -0.05) is 30.3 Å². The molecule has 0 saturated carbocycles. The number of carbonyl (C=O) groups is 2. The Bertz CT molecular complexity index is 1610. The fourth-order valence-electron chi connectivity index (χ4n) is 4.01. The van der Waals surface area contributed by atoms with E-state index in [4.69, 9.17) is 5.73 Å². The molecule has 9 nitrogen and oxygen atoms in total. The van der Waals surface area contributed by atoms with E-state index in [1.165, 1.54) is 23.1 Å². The van der Waals surface area contributed by atoms with Crippen molar-refractivity contribution in [2.75, 3.05) is 11.9 Å². The number of amides is 2. The Labute approximate surface area is 227 Å². The highest BCUT2D eigenvalue weighted by atomic mass is 127. The summed E-state index contributed by atoms with van der Waals surface area (Å²) < 4.78 is 42.3. The number of aromatic nitrogens is 4. The second-order valence-corrected chi connectivity index (χ2v) is 9.52. The molecule has 4 aromatic rings. The maximum Gasteiger partial charge on any atom is 0.418 e. The quantitative estimate of drug-likeness (QED) is 0.324. The maximum absolute atomic E-state index is 13.4. The zero-order valence-corrected chi connectivity index (χ0v) is 22.2. The molecule has 3 aromatic carbocycles. The first-order valence-corrected chi connectivity index (χ1v) is 12.1. The molecule has 0 bridgehead atoms. The molecule has 4 rings (SSSR count). The van der Waals surface area contributed by atoms with Crippen LogP contribution in [0.15, 0.2) is 65.5 Å². The number of primary amides is 1. The second kappa shape index (κ2) is 10.4. The van der Waals surface area contributed by atoms with Gasteiger partial charge in [-0.25, -0.2) is 4.79 Å². The number of aryl methyl sites for hydroxylation is 1. The van der Waals surface area contributed by atoms with Gasteiger partial charge in [-0.05, 0) is 81.4 Å². The van der Waals surface area contributed by atoms with E-state index in [0.29, 0.717) is 25.1 Å². The van der Waals surface area contributed by atoms with Gasteiger partial charge < -0.3 is 10.6 Å². The number of alkyl halides is 3. The maximum atomic E-state index is 13.4. The Morgan fingerprint density at radius 2 is 1.76 bits per heavy atom. The summed E-state index contributed by atoms with van der Waals surface area (Å²) in [5.74, 6) is -1.15. The molecule has 0 fully saturated rings. The fraction of sp³-hybridized carbons (Fsp3) is 0.160. The lowest BCUT2D eigenvalue weighted by Crippen LogP contribution is -2.30. The molecule has 2 amide bonds. The van der Waals surface area contributed by atoms with E-state index in [2.05, 4.69) is 10.4 Å². The van der Waals surface area contributed by atoms with Crippen molar-refractivity contribution >= 4 is 40.1 Å². The standard InChI is InChI=1S/C25H20F3IN6O3/c1-14-12-15(10-11-19(14)33(2)23(37)21-16(22(30)36)6-5-8-18(21)29)13-34-24(38)35(32-31-34)20-9-4-3-7-17(20)25(26,27)28/h3-12H,13H2,1-2H3,(H2,30,36). The van der Waals surface area contributed by atoms with E-state index >= 15 is 0 Å². The number of rotatable bonds is 6. The van der Waals surface area contributed by atoms with Gasteiger partial charge in [0.2, 0.25) is 5.91 Å². The van der Waals surface area contributed by atoms with Crippen molar-refractivity contribution in [3.8, 4) is 5.69 Å². The predicted octanol–water partition coefficient (Wildman–Crippen LogP) is 3.78. The van der Waals surface area contributed by atoms with Crippen LogP contribution in [-0.2, 0) is 12.7 Å². The van der Waals surface area contributed by atoms with Crippen LogP contribution in [0.3, 0.4) is 0 Å². The van der Waals surface area contributed by atoms with Gasteiger partial charge in [0.05, 0.1) is 28.9 Å². The Balaban J connectivity index is 1.61. The summed E-state index contributed by atoms with van der Waals surface area (Å²) in [6, 6.07) is 14.5. The minimum absolute atomic E-state index is 0.0613. The number of tetrazole rings is 1. The molecule has 0 unspecified atom stereocenters. The second-order valence-electron chi connectivity index (χ2n) is 8.36. The molecule has 1 aromatic heterocycles. The molecule has 2 N–H and O–H groups in total. The first-order chi connectivity index (χ1) is 17.9. The van der Waals surface area contributed by atoms with Crippen LogP contribution in [0.25, 0.3) is 5.69 Å². The molecule has 0 aliphatic heterocycles. The van der Waals surface area contributed by atoms with E-state index in [1.54, 1.807) is 44.3 Å². The Hall–Kier alpha value is -4.01. The summed E-state index contributed by atoms with van der Waals surface area (Å²) in [7, 11) is 1.56. The first-order valence-electron chi connectivity index (χ1n) is 11.1. The van der Waals surface area contributed by atoms with E-state index in [9.17, 15) is 27.6 Å². The average molecular weight is 636 g/mol. The van der Waals surface area contributed by atoms with Crippen molar-refractivity contribution in [3.05, 3.63) is 103 Å². The number of halogens is 4. The zero-order valence-electron chi connectivity index (χ0n) is 20.0. The summed E-state index contributed by atoms with van der Waals surface area (Å²) in [6.07, 6.45) is -4.67. The third kappa shape index (κ3) is 5.18. The van der Waals surface area contributed by atoms with Crippen LogP contribution in [0.5, 0.6) is 0 Å². The minimum Gasteiger partial charge on any atom is -0.366 e. The van der Waals surface area contributed by atoms with Gasteiger partial charge in [-0.15, -0.1) is 0 Å². The van der Waals surface area contributed by atoms with Gasteiger partial charge >= 0.3 is 11.9 Å². The van der Waals surface area contributed by atoms with Crippen LogP contribution >= 0.6 is 22.6 Å². The van der Waals surface area contributed by atoms with Crippen molar-refractivity contribution in [2.45, 2.75) is 19.6 Å². The van der Waals surface area contributed by atoms with Gasteiger partial charge in [0, 0.05) is 16.3 Å². The van der Waals surface area contributed by atoms with Crippen molar-refractivity contribution in [1.29, 1.82) is 0 Å². The van der Waals surface area contributed by atoms with Crippen LogP contribution in [0.1, 0.15) is 37.4 Å². The number of anilines is 1. The van der Waals surface area contributed by atoms with Gasteiger partial charge in [0.15, 0.2) is 0 Å². The Kier molecular flexibility index (Phi) is 7.40. The van der Waals surface area contributed by atoms with Crippen molar-refractivity contribution < 1.29 is 22.8 Å². The monoisotopic (exact) mass is 636 g/mol. The fourth-order valence-corrected chi connectivity index (χ4v) is 4.74. The van der Waals surface area contributed by atoms with Crippen molar-refractivity contribution in [1.82, 2.24) is 19.8 Å². The minimum atomic E-state index is -4.67. The van der Waals surface area contributed by atoms with E-state index in [-0.39, 0.29) is 17.7 Å². The lowest BCUT2D eigenvalue weighted by molar-refractivity contribution is -0.137. The Morgan fingerprint density at radius 3 is 2.42 bits per heavy atom. The van der Waals surface area contributed by atoms with Crippen LogP contribution in [0, 0.1) is 10.5 Å². The highest BCUT2D eigenvalue weighted by Crippen LogP contribution is 2.33. The van der Waals surface area contributed by atoms with E-state index in [0.717, 1.165) is 16.8 Å². The van der Waals surface area contributed by atoms with Gasteiger partial charge in [-0.2, -0.15) is 22.5 Å². The summed E-state index contributed by atoms with van der Waals surface area (Å²) >= 11 is 1.96. The predicted molar refractivity (Wildman–Crippen MR) is 141 cm³/mol. The topological polar surface area (TPSA) is 116 Å². The number of carbonyl (C=O) groups excluding carboxylic acids is 2. The summed E-state index contributed by atoms with van der Waals surface area (Å²) in [5, 5.41) is 7.38. The molecule has 0 atom stereocenters. The number of hydrogen-bond acceptors (Lipinski definition) is 5. The van der Waals surface area contributed by atoms with Crippen LogP contribution in [0.4, 0.5) is 18.9 Å². The zero-order chi connectivity index (χ0) is 27.8. The lowest BCUT2D eigenvalue weighted by atomic mass is 10.0. The van der Waals surface area contributed by atoms with Gasteiger partial charge in [0.25, 0.3) is 5.91 Å². The molecule has 0 aliphatic carbocycles. The molecule has 1 heterocycles. The van der Waals surface area contributed by atoms with Crippen LogP contribution in [-0.4, -0.2) is 38.7 Å². The van der Waals surface area contributed by atoms with Crippen molar-refractivity contribution in [3.63, 3.8) is 0 Å². The number of para-hydroxylation sites is 1. The average Bonchev–Trinajstić information content (AvgIpc) is 3.22. The molecule has 13 heteroatoms. The van der Waals surface area contributed by atoms with Crippen LogP contribution in [0.2, 0.25) is 0 Å². The highest BCUT2D eigenvalue weighted by molar-refractivity contribution is 14.1. The number of nitrogens with zero attached hydrogens (tertiary/aromatic N) is 5. The first kappa shape index (κ1) is 27.0. The third-order valence-electron chi connectivity index (χ3n) is 5.83. The molecule has 0 spiro atoms. The SMILES string of the molecule is Cc1cc(Cn2nnn(-c3ccccc3C(F)(F)F)c2=O)ccc1N(C)C(=O)c1c(I)cccc1C(N)=O. The highest BCUT2D eigenvalue weighted by Gasteiger charge is 2.34. The molecule has 0 radical (unpaired) electrons. The molecular weight excluding hydrogens is 616 g/mol. The van der Waals surface area contributed by atoms with Crippen LogP contribution < -0.4 is 16.3 Å². The summed E-state index contributed by atoms with van der Waals surface area (Å²) in [6.45, 7) is 1.70. The van der Waals surface area contributed by atoms with E-state index < -0.39 is 34.9 Å². The smallest absolute Gasteiger partial charge is 0.366 e. The number of hydrogen-bond donors (Lipinski definition) is 1. The molecular formula is C25H20F3IN6O3. The summed E-state index contributed by atoms with van der Waals surface area (Å²) in [5.41, 5.74) is 5.31. The summed E-state index contributed by atoms with van der Waals surface area (Å²) in [4.78, 5) is 39.3. The number of benzene rings is 3. The van der Waals surface area contributed by atoms with Crippen molar-refractivity contribution in [2.24, 2.45) is 5.73 Å². The molecule has 0 aliphatic rings. The molecule has 38 heavy (non-hydrogen) atoms. The normalized spacial score (nSPS) is 11.4. The van der Waals surface area contributed by atoms with Gasteiger partial charge in [-0.3, -0.25) is 9.59 Å². The Morgan fingerprint density at radius 1 is 1.05 bits per heavy atom. The molecule has 196 valence electrons. The molecule has 0 saturated heterocycles. The number of nitrogens with two attached hydrogens (primary N) is 1.